The number of amidine groups is 1. The Morgan fingerprint density at radius 2 is 2.19 bits per heavy atom. The van der Waals surface area contributed by atoms with Crippen molar-refractivity contribution < 1.29 is 5.21 Å². The zero-order valence-corrected chi connectivity index (χ0v) is 9.72. The zero-order valence-electron chi connectivity index (χ0n) is 9.72. The van der Waals surface area contributed by atoms with E-state index in [9.17, 15) is 0 Å². The smallest absolute Gasteiger partial charge is 0.189 e. The molecule has 0 radical (unpaired) electrons. The minimum absolute atomic E-state index is 0.0581. The average Bonchev–Trinajstić information content (AvgIpc) is 2.35. The van der Waals surface area contributed by atoms with Gasteiger partial charge in [-0.1, -0.05) is 25.1 Å². The van der Waals surface area contributed by atoms with E-state index in [1.807, 2.05) is 12.1 Å². The van der Waals surface area contributed by atoms with Gasteiger partial charge in [0.25, 0.3) is 0 Å². The largest absolute Gasteiger partial charge is 0.409 e. The van der Waals surface area contributed by atoms with Gasteiger partial charge in [0.15, 0.2) is 5.84 Å². The Labute approximate surface area is 95.6 Å². The van der Waals surface area contributed by atoms with Crippen LogP contribution < -0.4 is 5.73 Å². The molecule has 1 heterocycles. The molecular formula is C11H18N4O. The fourth-order valence-electron chi connectivity index (χ4n) is 1.53. The van der Waals surface area contributed by atoms with Crippen molar-refractivity contribution in [3.63, 3.8) is 0 Å². The molecule has 88 valence electrons. The summed E-state index contributed by atoms with van der Waals surface area (Å²) in [6.07, 6.45) is 1.64. The van der Waals surface area contributed by atoms with Gasteiger partial charge in [0.2, 0.25) is 0 Å². The Hall–Kier alpha value is -1.62. The van der Waals surface area contributed by atoms with Crippen LogP contribution in [-0.4, -0.2) is 34.0 Å². The number of pyridine rings is 1. The first-order valence-electron chi connectivity index (χ1n) is 5.37. The molecule has 3 N–H and O–H groups in total. The first-order chi connectivity index (χ1) is 7.72. The van der Waals surface area contributed by atoms with Crippen LogP contribution in [0, 0.1) is 0 Å². The average molecular weight is 222 g/mol. The van der Waals surface area contributed by atoms with Crippen LogP contribution in [0.15, 0.2) is 23.5 Å². The van der Waals surface area contributed by atoms with Gasteiger partial charge in [-0.05, 0) is 24.7 Å². The van der Waals surface area contributed by atoms with Gasteiger partial charge < -0.3 is 10.9 Å². The monoisotopic (exact) mass is 222 g/mol. The van der Waals surface area contributed by atoms with Crippen LogP contribution in [0.2, 0.25) is 0 Å². The highest BCUT2D eigenvalue weighted by Gasteiger charge is 2.10. The molecule has 0 unspecified atom stereocenters. The molecule has 0 fully saturated rings. The van der Waals surface area contributed by atoms with E-state index in [1.54, 1.807) is 6.20 Å². The van der Waals surface area contributed by atoms with Crippen LogP contribution in [0.25, 0.3) is 0 Å². The van der Waals surface area contributed by atoms with Crippen molar-refractivity contribution in [2.45, 2.75) is 20.4 Å². The maximum absolute atomic E-state index is 8.67. The number of rotatable bonds is 5. The second-order valence-electron chi connectivity index (χ2n) is 3.46. The summed E-state index contributed by atoms with van der Waals surface area (Å²) in [6, 6.07) is 3.80. The quantitative estimate of drug-likeness (QED) is 0.337. The molecule has 5 nitrogen and oxygen atoms in total. The van der Waals surface area contributed by atoms with Gasteiger partial charge in [-0.3, -0.25) is 9.88 Å². The molecule has 0 aromatic carbocycles. The van der Waals surface area contributed by atoms with Gasteiger partial charge in [-0.15, -0.1) is 0 Å². The predicted molar refractivity (Wildman–Crippen MR) is 63.4 cm³/mol. The molecule has 0 spiro atoms. The lowest BCUT2D eigenvalue weighted by Crippen LogP contribution is -2.25. The number of nitrogens with two attached hydrogens (primary N) is 1. The number of nitrogens with zero attached hydrogens (tertiary/aromatic N) is 3. The highest BCUT2D eigenvalue weighted by Crippen LogP contribution is 2.08. The molecule has 0 amide bonds. The predicted octanol–water partition coefficient (Wildman–Crippen LogP) is 1.02. The molecule has 0 saturated carbocycles. The standard InChI is InChI=1S/C11H18N4O/c1-3-15(4-2)8-9-6-5-7-13-10(9)11(12)14-16/h5-7,16H,3-4,8H2,1-2H3,(H2,12,14). The first-order valence-corrected chi connectivity index (χ1v) is 5.37. The topological polar surface area (TPSA) is 74.7 Å². The van der Waals surface area contributed by atoms with Gasteiger partial charge in [0.05, 0.1) is 0 Å². The number of hydrogen-bond donors (Lipinski definition) is 2. The van der Waals surface area contributed by atoms with Crippen LogP contribution in [0.5, 0.6) is 0 Å². The van der Waals surface area contributed by atoms with Crippen molar-refractivity contribution in [3.8, 4) is 0 Å². The fourth-order valence-corrected chi connectivity index (χ4v) is 1.53. The fraction of sp³-hybridized carbons (Fsp3) is 0.455. The Kier molecular flexibility index (Phi) is 4.72. The van der Waals surface area contributed by atoms with E-state index < -0.39 is 0 Å². The van der Waals surface area contributed by atoms with Crippen molar-refractivity contribution in [1.82, 2.24) is 9.88 Å². The van der Waals surface area contributed by atoms with E-state index >= 15 is 0 Å². The summed E-state index contributed by atoms with van der Waals surface area (Å²) in [5.41, 5.74) is 7.10. The van der Waals surface area contributed by atoms with E-state index in [0.717, 1.165) is 25.2 Å². The van der Waals surface area contributed by atoms with Crippen molar-refractivity contribution >= 4 is 5.84 Å². The summed E-state index contributed by atoms with van der Waals surface area (Å²) in [5, 5.41) is 11.7. The van der Waals surface area contributed by atoms with Crippen LogP contribution >= 0.6 is 0 Å². The lowest BCUT2D eigenvalue weighted by atomic mass is 10.1. The Balaban J connectivity index is 2.95. The minimum atomic E-state index is 0.0581. The second kappa shape index (κ2) is 6.07. The molecule has 5 heteroatoms. The van der Waals surface area contributed by atoms with Crippen molar-refractivity contribution in [2.24, 2.45) is 10.9 Å². The van der Waals surface area contributed by atoms with Gasteiger partial charge in [-0.2, -0.15) is 0 Å². The van der Waals surface area contributed by atoms with Crippen LogP contribution in [0.1, 0.15) is 25.1 Å². The van der Waals surface area contributed by atoms with E-state index in [1.165, 1.54) is 0 Å². The van der Waals surface area contributed by atoms with Gasteiger partial charge in [-0.25, -0.2) is 0 Å². The van der Waals surface area contributed by atoms with Crippen LogP contribution in [0.3, 0.4) is 0 Å². The summed E-state index contributed by atoms with van der Waals surface area (Å²) >= 11 is 0. The van der Waals surface area contributed by atoms with Crippen molar-refractivity contribution in [3.05, 3.63) is 29.6 Å². The SMILES string of the molecule is CCN(CC)Cc1cccnc1C(N)=NO. The maximum atomic E-state index is 8.67. The normalized spacial score (nSPS) is 12.1. The zero-order chi connectivity index (χ0) is 12.0. The van der Waals surface area contributed by atoms with Crippen LogP contribution in [0.4, 0.5) is 0 Å². The molecular weight excluding hydrogens is 204 g/mol. The van der Waals surface area contributed by atoms with E-state index in [-0.39, 0.29) is 5.84 Å². The second-order valence-corrected chi connectivity index (χ2v) is 3.46. The first kappa shape index (κ1) is 12.4. The van der Waals surface area contributed by atoms with E-state index in [2.05, 4.69) is 28.9 Å². The van der Waals surface area contributed by atoms with Crippen molar-refractivity contribution in [2.75, 3.05) is 13.1 Å². The molecule has 0 atom stereocenters. The lowest BCUT2D eigenvalue weighted by Gasteiger charge is -2.19. The molecule has 1 aromatic heterocycles. The molecule has 1 aromatic rings. The Morgan fingerprint density at radius 3 is 2.75 bits per heavy atom. The number of hydrogen-bond acceptors (Lipinski definition) is 4. The maximum Gasteiger partial charge on any atom is 0.189 e. The third kappa shape index (κ3) is 2.93. The highest BCUT2D eigenvalue weighted by atomic mass is 16.4. The third-order valence-corrected chi connectivity index (χ3v) is 2.53. The van der Waals surface area contributed by atoms with E-state index in [4.69, 9.17) is 10.9 Å². The summed E-state index contributed by atoms with van der Waals surface area (Å²) in [7, 11) is 0. The minimum Gasteiger partial charge on any atom is -0.409 e. The summed E-state index contributed by atoms with van der Waals surface area (Å²) in [4.78, 5) is 6.37. The molecule has 16 heavy (non-hydrogen) atoms. The Bertz CT molecular complexity index is 361. The van der Waals surface area contributed by atoms with E-state index in [0.29, 0.717) is 5.69 Å². The molecule has 0 aliphatic carbocycles. The molecule has 1 rings (SSSR count). The molecule has 0 saturated heterocycles. The highest BCUT2D eigenvalue weighted by molar-refractivity contribution is 5.96. The molecule has 0 aliphatic heterocycles. The lowest BCUT2D eigenvalue weighted by molar-refractivity contribution is 0.295. The summed E-state index contributed by atoms with van der Waals surface area (Å²) in [6.45, 7) is 6.88. The number of oxime groups is 1. The third-order valence-electron chi connectivity index (χ3n) is 2.53. The van der Waals surface area contributed by atoms with Gasteiger partial charge in [0.1, 0.15) is 5.69 Å². The Morgan fingerprint density at radius 1 is 1.50 bits per heavy atom. The molecule has 0 aliphatic rings. The van der Waals surface area contributed by atoms with Gasteiger partial charge >= 0.3 is 0 Å². The molecule has 0 bridgehead atoms. The van der Waals surface area contributed by atoms with Gasteiger partial charge in [0, 0.05) is 12.7 Å². The summed E-state index contributed by atoms with van der Waals surface area (Å²) < 4.78 is 0. The van der Waals surface area contributed by atoms with Crippen LogP contribution in [-0.2, 0) is 6.54 Å². The summed E-state index contributed by atoms with van der Waals surface area (Å²) in [5.74, 6) is 0.0581. The van der Waals surface area contributed by atoms with Crippen molar-refractivity contribution in [1.29, 1.82) is 0 Å². The number of aromatic nitrogens is 1.